The fourth-order valence-corrected chi connectivity index (χ4v) is 3.37. The Morgan fingerprint density at radius 3 is 2.17 bits per heavy atom. The average Bonchev–Trinajstić information content (AvgIpc) is 2.32. The molecule has 0 spiro atoms. The number of benzene rings is 1. The standard InChI is InChI=1S/C15H19FO2/c16-13-5-1-11(2-6-13)15(9-18-10-15)12-3-7-14(17)8-4-12/h1-2,5-6,12,14,17H,3-4,7-10H2. The lowest BCUT2D eigenvalue weighted by Gasteiger charge is -2.49. The molecule has 1 aliphatic carbocycles. The van der Waals surface area contributed by atoms with Crippen molar-refractivity contribution in [2.45, 2.75) is 37.2 Å². The van der Waals surface area contributed by atoms with E-state index in [1.165, 1.54) is 17.7 Å². The molecule has 0 aromatic heterocycles. The van der Waals surface area contributed by atoms with Gasteiger partial charge in [0.15, 0.2) is 0 Å². The highest BCUT2D eigenvalue weighted by molar-refractivity contribution is 5.30. The van der Waals surface area contributed by atoms with Gasteiger partial charge < -0.3 is 9.84 Å². The van der Waals surface area contributed by atoms with E-state index in [9.17, 15) is 9.50 Å². The lowest BCUT2D eigenvalue weighted by molar-refractivity contribution is -0.103. The topological polar surface area (TPSA) is 29.5 Å². The molecule has 0 atom stereocenters. The summed E-state index contributed by atoms with van der Waals surface area (Å²) < 4.78 is 18.5. The summed E-state index contributed by atoms with van der Waals surface area (Å²) in [6.07, 6.45) is 3.72. The van der Waals surface area contributed by atoms with Gasteiger partial charge in [0.05, 0.1) is 19.3 Å². The van der Waals surface area contributed by atoms with Crippen LogP contribution in [0.15, 0.2) is 24.3 Å². The van der Waals surface area contributed by atoms with Gasteiger partial charge in [-0.3, -0.25) is 0 Å². The summed E-state index contributed by atoms with van der Waals surface area (Å²) in [6.45, 7) is 1.47. The lowest BCUT2D eigenvalue weighted by Crippen LogP contribution is -2.53. The molecular formula is C15H19FO2. The minimum absolute atomic E-state index is 0.0633. The maximum absolute atomic E-state index is 13.0. The Kier molecular flexibility index (Phi) is 3.12. The van der Waals surface area contributed by atoms with Crippen molar-refractivity contribution in [1.82, 2.24) is 0 Å². The third-order valence-corrected chi connectivity index (χ3v) is 4.62. The molecule has 1 aliphatic heterocycles. The Bertz CT molecular complexity index is 403. The summed E-state index contributed by atoms with van der Waals surface area (Å²) >= 11 is 0. The van der Waals surface area contributed by atoms with Gasteiger partial charge in [-0.1, -0.05) is 12.1 Å². The van der Waals surface area contributed by atoms with Crippen LogP contribution < -0.4 is 0 Å². The lowest BCUT2D eigenvalue weighted by atomic mass is 9.63. The van der Waals surface area contributed by atoms with Crippen LogP contribution in [0.1, 0.15) is 31.2 Å². The van der Waals surface area contributed by atoms with E-state index in [1.807, 2.05) is 12.1 Å². The Morgan fingerprint density at radius 2 is 1.67 bits per heavy atom. The maximum atomic E-state index is 13.0. The van der Waals surface area contributed by atoms with E-state index in [0.29, 0.717) is 5.92 Å². The fraction of sp³-hybridized carbons (Fsp3) is 0.600. The Hall–Kier alpha value is -0.930. The van der Waals surface area contributed by atoms with Gasteiger partial charge in [-0.25, -0.2) is 4.39 Å². The second kappa shape index (κ2) is 4.63. The first-order chi connectivity index (χ1) is 8.71. The zero-order chi connectivity index (χ0) is 12.6. The first kappa shape index (κ1) is 12.1. The van der Waals surface area contributed by atoms with E-state index in [2.05, 4.69) is 0 Å². The number of hydrogen-bond acceptors (Lipinski definition) is 2. The van der Waals surface area contributed by atoms with E-state index >= 15 is 0 Å². The van der Waals surface area contributed by atoms with Crippen molar-refractivity contribution in [3.05, 3.63) is 35.6 Å². The van der Waals surface area contributed by atoms with Crippen molar-refractivity contribution in [3.8, 4) is 0 Å². The minimum atomic E-state index is -0.187. The summed E-state index contributed by atoms with van der Waals surface area (Å²) in [5.74, 6) is 0.369. The Labute approximate surface area is 107 Å². The van der Waals surface area contributed by atoms with Crippen LogP contribution in [0.2, 0.25) is 0 Å². The molecule has 1 N–H and O–H groups in total. The third-order valence-electron chi connectivity index (χ3n) is 4.62. The van der Waals surface area contributed by atoms with Crippen LogP contribution in [0.4, 0.5) is 4.39 Å². The molecule has 2 aliphatic rings. The molecule has 1 aromatic carbocycles. The summed E-state index contributed by atoms with van der Waals surface area (Å²) in [6, 6.07) is 6.85. The first-order valence-electron chi connectivity index (χ1n) is 6.72. The van der Waals surface area contributed by atoms with Gasteiger partial charge in [-0.2, -0.15) is 0 Å². The van der Waals surface area contributed by atoms with Crippen molar-refractivity contribution >= 4 is 0 Å². The highest BCUT2D eigenvalue weighted by Gasteiger charge is 2.47. The normalized spacial score (nSPS) is 30.8. The molecule has 2 fully saturated rings. The van der Waals surface area contributed by atoms with Gasteiger partial charge >= 0.3 is 0 Å². The number of halogens is 1. The Morgan fingerprint density at radius 1 is 1.06 bits per heavy atom. The van der Waals surface area contributed by atoms with Crippen molar-refractivity contribution in [2.24, 2.45) is 5.92 Å². The zero-order valence-electron chi connectivity index (χ0n) is 10.4. The van der Waals surface area contributed by atoms with Crippen LogP contribution in [-0.2, 0) is 10.2 Å². The van der Waals surface area contributed by atoms with Gasteiger partial charge in [-0.15, -0.1) is 0 Å². The van der Waals surface area contributed by atoms with Crippen molar-refractivity contribution in [2.75, 3.05) is 13.2 Å². The monoisotopic (exact) mass is 250 g/mol. The average molecular weight is 250 g/mol. The van der Waals surface area contributed by atoms with Crippen LogP contribution in [-0.4, -0.2) is 24.4 Å². The third kappa shape index (κ3) is 1.95. The summed E-state index contributed by atoms with van der Waals surface area (Å²) in [4.78, 5) is 0. The maximum Gasteiger partial charge on any atom is 0.123 e. The van der Waals surface area contributed by atoms with Crippen LogP contribution in [0.3, 0.4) is 0 Å². The second-order valence-electron chi connectivity index (χ2n) is 5.66. The van der Waals surface area contributed by atoms with Gasteiger partial charge in [0.25, 0.3) is 0 Å². The molecule has 1 saturated heterocycles. The van der Waals surface area contributed by atoms with Crippen LogP contribution in [0, 0.1) is 11.7 Å². The second-order valence-corrected chi connectivity index (χ2v) is 5.66. The highest BCUT2D eigenvalue weighted by atomic mass is 19.1. The Balaban J connectivity index is 1.83. The summed E-state index contributed by atoms with van der Waals surface area (Å²) in [7, 11) is 0. The predicted molar refractivity (Wildman–Crippen MR) is 66.9 cm³/mol. The number of hydrogen-bond donors (Lipinski definition) is 1. The number of aliphatic hydroxyl groups excluding tert-OH is 1. The molecule has 98 valence electrons. The quantitative estimate of drug-likeness (QED) is 0.874. The number of ether oxygens (including phenoxy) is 1. The molecule has 3 rings (SSSR count). The molecular weight excluding hydrogens is 231 g/mol. The zero-order valence-corrected chi connectivity index (χ0v) is 10.4. The molecule has 0 unspecified atom stereocenters. The first-order valence-corrected chi connectivity index (χ1v) is 6.72. The van der Waals surface area contributed by atoms with E-state index in [0.717, 1.165) is 38.9 Å². The van der Waals surface area contributed by atoms with Crippen molar-refractivity contribution in [1.29, 1.82) is 0 Å². The molecule has 18 heavy (non-hydrogen) atoms. The van der Waals surface area contributed by atoms with E-state index in [4.69, 9.17) is 4.74 Å². The molecule has 0 amide bonds. The predicted octanol–water partition coefficient (Wildman–Crippen LogP) is 2.64. The van der Waals surface area contributed by atoms with Crippen molar-refractivity contribution < 1.29 is 14.2 Å². The molecule has 1 heterocycles. The van der Waals surface area contributed by atoms with E-state index in [-0.39, 0.29) is 17.3 Å². The molecule has 0 bridgehead atoms. The van der Waals surface area contributed by atoms with Gasteiger partial charge in [0, 0.05) is 5.41 Å². The minimum Gasteiger partial charge on any atom is -0.393 e. The van der Waals surface area contributed by atoms with E-state index in [1.54, 1.807) is 0 Å². The fourth-order valence-electron chi connectivity index (χ4n) is 3.37. The van der Waals surface area contributed by atoms with Gasteiger partial charge in [0.1, 0.15) is 5.82 Å². The molecule has 1 aromatic rings. The molecule has 0 radical (unpaired) electrons. The number of aliphatic hydroxyl groups is 1. The molecule has 1 saturated carbocycles. The smallest absolute Gasteiger partial charge is 0.123 e. The summed E-state index contributed by atoms with van der Waals surface area (Å²) in [5, 5.41) is 9.61. The van der Waals surface area contributed by atoms with E-state index < -0.39 is 0 Å². The van der Waals surface area contributed by atoms with Crippen LogP contribution in [0.25, 0.3) is 0 Å². The molecule has 3 heteroatoms. The highest BCUT2D eigenvalue weighted by Crippen LogP contribution is 2.45. The SMILES string of the molecule is OC1CCC(C2(c3ccc(F)cc3)COC2)CC1. The van der Waals surface area contributed by atoms with Crippen molar-refractivity contribution in [3.63, 3.8) is 0 Å². The largest absolute Gasteiger partial charge is 0.393 e. The number of rotatable bonds is 2. The summed E-state index contributed by atoms with van der Waals surface area (Å²) in [5.41, 5.74) is 1.25. The van der Waals surface area contributed by atoms with Crippen LogP contribution >= 0.6 is 0 Å². The van der Waals surface area contributed by atoms with Gasteiger partial charge in [-0.05, 0) is 49.3 Å². The van der Waals surface area contributed by atoms with Gasteiger partial charge in [0.2, 0.25) is 0 Å². The van der Waals surface area contributed by atoms with Crippen LogP contribution in [0.5, 0.6) is 0 Å². The molecule has 2 nitrogen and oxygen atoms in total.